The number of carboxylic acids is 1. The molecule has 0 aliphatic carbocycles. The average Bonchev–Trinajstić information content (AvgIpc) is 3.33. The zero-order valence-corrected chi connectivity index (χ0v) is 20.9. The molecule has 11 heteroatoms. The van der Waals surface area contributed by atoms with Crippen molar-refractivity contribution in [2.45, 2.75) is 44.9 Å². The van der Waals surface area contributed by atoms with E-state index in [4.69, 9.17) is 9.47 Å². The highest BCUT2D eigenvalue weighted by atomic mass is 16.5. The lowest BCUT2D eigenvalue weighted by atomic mass is 10.0. The number of aromatic nitrogens is 3. The topological polar surface area (TPSA) is 148 Å². The van der Waals surface area contributed by atoms with E-state index in [0.717, 1.165) is 30.9 Å². The fourth-order valence-electron chi connectivity index (χ4n) is 4.42. The first kappa shape index (κ1) is 26.0. The van der Waals surface area contributed by atoms with E-state index in [0.29, 0.717) is 35.7 Å². The number of methoxy groups -OCH3 is 2. The SMILES string of the molecule is COc1ccc(C(CC(=O)O)NC(=O)c2cnn(CCc3ccc4c(n3)NCCC4)c2CO)cc1OC. The van der Waals surface area contributed by atoms with Crippen LogP contribution in [-0.2, 0) is 30.8 Å². The Balaban J connectivity index is 1.50. The minimum atomic E-state index is -1.08. The fraction of sp³-hybridized carbons (Fsp3) is 0.385. The predicted octanol–water partition coefficient (Wildman–Crippen LogP) is 2.33. The number of aryl methyl sites for hydroxylation is 3. The number of carbonyl (C=O) groups excluding carboxylic acids is 1. The summed E-state index contributed by atoms with van der Waals surface area (Å²) < 4.78 is 12.1. The summed E-state index contributed by atoms with van der Waals surface area (Å²) in [5.74, 6) is 0.197. The maximum Gasteiger partial charge on any atom is 0.305 e. The molecule has 0 bridgehead atoms. The molecular formula is C26H31N5O6. The van der Waals surface area contributed by atoms with Gasteiger partial charge in [0.25, 0.3) is 5.91 Å². The number of nitrogens with zero attached hydrogens (tertiary/aromatic N) is 3. The van der Waals surface area contributed by atoms with Crippen LogP contribution in [0, 0.1) is 0 Å². The van der Waals surface area contributed by atoms with Gasteiger partial charge >= 0.3 is 5.97 Å². The molecule has 196 valence electrons. The third-order valence-electron chi connectivity index (χ3n) is 6.37. The number of pyridine rings is 1. The van der Waals surface area contributed by atoms with Crippen molar-refractivity contribution in [2.24, 2.45) is 0 Å². The van der Waals surface area contributed by atoms with Crippen molar-refractivity contribution < 1.29 is 29.3 Å². The molecule has 1 unspecified atom stereocenters. The molecule has 0 radical (unpaired) electrons. The zero-order valence-electron chi connectivity index (χ0n) is 20.9. The van der Waals surface area contributed by atoms with Gasteiger partial charge in [0, 0.05) is 25.2 Å². The van der Waals surface area contributed by atoms with Crippen molar-refractivity contribution in [3.8, 4) is 11.5 Å². The Labute approximate surface area is 214 Å². The molecule has 11 nitrogen and oxygen atoms in total. The summed E-state index contributed by atoms with van der Waals surface area (Å²) in [6.45, 7) is 0.924. The van der Waals surface area contributed by atoms with Crippen LogP contribution in [0.3, 0.4) is 0 Å². The Hall–Kier alpha value is -4.12. The minimum Gasteiger partial charge on any atom is -0.493 e. The number of aliphatic hydroxyl groups is 1. The van der Waals surface area contributed by atoms with E-state index < -0.39 is 24.5 Å². The number of aliphatic hydroxyl groups excluding tert-OH is 1. The standard InChI is InChI=1S/C26H31N5O6/c1-36-22-8-6-17(12-23(22)37-2)20(13-24(33)34)30-26(35)19-14-28-31(21(19)15-32)11-9-18-7-5-16-4-3-10-27-25(16)29-18/h5-8,12,14,20,32H,3-4,9-11,13,15H2,1-2H3,(H,27,29)(H,30,35)(H,33,34). The number of hydrogen-bond donors (Lipinski definition) is 4. The Morgan fingerprint density at radius 3 is 2.73 bits per heavy atom. The van der Waals surface area contributed by atoms with Gasteiger partial charge in [-0.05, 0) is 42.2 Å². The first-order chi connectivity index (χ1) is 17.9. The van der Waals surface area contributed by atoms with Crippen LogP contribution in [0.1, 0.15) is 51.8 Å². The molecule has 1 amide bonds. The molecule has 3 heterocycles. The van der Waals surface area contributed by atoms with Crippen LogP contribution < -0.4 is 20.1 Å². The number of rotatable bonds is 11. The highest BCUT2D eigenvalue weighted by Crippen LogP contribution is 2.31. The van der Waals surface area contributed by atoms with Crippen molar-refractivity contribution in [2.75, 3.05) is 26.1 Å². The van der Waals surface area contributed by atoms with Crippen LogP contribution in [0.25, 0.3) is 0 Å². The number of hydrogen-bond acceptors (Lipinski definition) is 8. The Morgan fingerprint density at radius 1 is 1.19 bits per heavy atom. The second-order valence-electron chi connectivity index (χ2n) is 8.72. The van der Waals surface area contributed by atoms with Crippen molar-refractivity contribution in [1.29, 1.82) is 0 Å². The fourth-order valence-corrected chi connectivity index (χ4v) is 4.42. The molecule has 2 aromatic heterocycles. The molecule has 0 saturated heterocycles. The Bertz CT molecular complexity index is 1270. The maximum absolute atomic E-state index is 13.2. The monoisotopic (exact) mass is 509 g/mol. The number of carboxylic acid groups (broad SMARTS) is 1. The van der Waals surface area contributed by atoms with Gasteiger partial charge < -0.3 is 30.3 Å². The van der Waals surface area contributed by atoms with Gasteiger partial charge in [-0.3, -0.25) is 14.3 Å². The second kappa shape index (κ2) is 11.7. The van der Waals surface area contributed by atoms with E-state index in [-0.39, 0.29) is 12.0 Å². The highest BCUT2D eigenvalue weighted by molar-refractivity contribution is 5.95. The molecule has 4 N–H and O–H groups in total. The van der Waals surface area contributed by atoms with E-state index in [1.165, 1.54) is 26.0 Å². The first-order valence-electron chi connectivity index (χ1n) is 12.1. The lowest BCUT2D eigenvalue weighted by Crippen LogP contribution is -2.31. The molecule has 0 saturated carbocycles. The van der Waals surface area contributed by atoms with Crippen LogP contribution in [0.5, 0.6) is 11.5 Å². The predicted molar refractivity (Wildman–Crippen MR) is 135 cm³/mol. The molecule has 1 aliphatic heterocycles. The van der Waals surface area contributed by atoms with Gasteiger partial charge in [-0.15, -0.1) is 0 Å². The van der Waals surface area contributed by atoms with Gasteiger partial charge in [0.1, 0.15) is 5.82 Å². The van der Waals surface area contributed by atoms with E-state index in [1.54, 1.807) is 22.9 Å². The smallest absolute Gasteiger partial charge is 0.305 e. The number of ether oxygens (including phenoxy) is 2. The van der Waals surface area contributed by atoms with Crippen molar-refractivity contribution in [3.05, 3.63) is 64.6 Å². The number of carbonyl (C=O) groups is 2. The molecule has 0 fully saturated rings. The summed E-state index contributed by atoms with van der Waals surface area (Å²) in [6, 6.07) is 8.18. The van der Waals surface area contributed by atoms with E-state index >= 15 is 0 Å². The van der Waals surface area contributed by atoms with E-state index in [1.807, 2.05) is 6.07 Å². The Morgan fingerprint density at radius 2 is 2.00 bits per heavy atom. The second-order valence-corrected chi connectivity index (χ2v) is 8.72. The lowest BCUT2D eigenvalue weighted by Gasteiger charge is -2.19. The molecule has 1 atom stereocenters. The molecule has 37 heavy (non-hydrogen) atoms. The molecule has 4 rings (SSSR count). The van der Waals surface area contributed by atoms with E-state index in [9.17, 15) is 19.8 Å². The van der Waals surface area contributed by atoms with E-state index in [2.05, 4.69) is 26.8 Å². The largest absolute Gasteiger partial charge is 0.493 e. The van der Waals surface area contributed by atoms with Gasteiger partial charge in [0.2, 0.25) is 0 Å². The molecule has 0 spiro atoms. The summed E-state index contributed by atoms with van der Waals surface area (Å²) in [6.07, 6.45) is 3.70. The molecular weight excluding hydrogens is 478 g/mol. The molecule has 1 aromatic carbocycles. The van der Waals surface area contributed by atoms with Crippen molar-refractivity contribution in [3.63, 3.8) is 0 Å². The maximum atomic E-state index is 13.2. The summed E-state index contributed by atoms with van der Waals surface area (Å²) in [5.41, 5.74) is 3.15. The number of amides is 1. The summed E-state index contributed by atoms with van der Waals surface area (Å²) in [4.78, 5) is 29.4. The average molecular weight is 510 g/mol. The molecule has 3 aromatic rings. The van der Waals surface area contributed by atoms with Gasteiger partial charge in [0.05, 0.1) is 50.7 Å². The number of aliphatic carboxylic acids is 1. The summed E-state index contributed by atoms with van der Waals surface area (Å²) in [5, 5.41) is 29.8. The van der Waals surface area contributed by atoms with Gasteiger partial charge in [-0.1, -0.05) is 12.1 Å². The Kier molecular flexibility index (Phi) is 8.24. The van der Waals surface area contributed by atoms with Crippen LogP contribution >= 0.6 is 0 Å². The van der Waals surface area contributed by atoms with Crippen LogP contribution in [-0.4, -0.2) is 57.6 Å². The molecule has 1 aliphatic rings. The van der Waals surface area contributed by atoms with Crippen LogP contribution in [0.4, 0.5) is 5.82 Å². The van der Waals surface area contributed by atoms with Crippen molar-refractivity contribution in [1.82, 2.24) is 20.1 Å². The third-order valence-corrected chi connectivity index (χ3v) is 6.37. The number of nitrogens with one attached hydrogen (secondary N) is 2. The summed E-state index contributed by atoms with van der Waals surface area (Å²) >= 11 is 0. The van der Waals surface area contributed by atoms with Crippen molar-refractivity contribution >= 4 is 17.7 Å². The first-order valence-corrected chi connectivity index (χ1v) is 12.1. The van der Waals surface area contributed by atoms with Gasteiger partial charge in [-0.25, -0.2) is 4.98 Å². The van der Waals surface area contributed by atoms with Crippen LogP contribution in [0.2, 0.25) is 0 Å². The van der Waals surface area contributed by atoms with Gasteiger partial charge in [0.15, 0.2) is 11.5 Å². The number of anilines is 1. The summed E-state index contributed by atoms with van der Waals surface area (Å²) in [7, 11) is 2.98. The number of benzene rings is 1. The zero-order chi connectivity index (χ0) is 26.4. The number of fused-ring (bicyclic) bond motifs is 1. The normalized spacial score (nSPS) is 13.3. The quantitative estimate of drug-likeness (QED) is 0.306. The third kappa shape index (κ3) is 6.00. The highest BCUT2D eigenvalue weighted by Gasteiger charge is 2.24. The lowest BCUT2D eigenvalue weighted by molar-refractivity contribution is -0.137. The van der Waals surface area contributed by atoms with Gasteiger partial charge in [-0.2, -0.15) is 5.10 Å². The van der Waals surface area contributed by atoms with Crippen LogP contribution in [0.15, 0.2) is 36.5 Å². The minimum absolute atomic E-state index is 0.179.